The van der Waals surface area contributed by atoms with E-state index in [1.54, 1.807) is 18.3 Å². The van der Waals surface area contributed by atoms with Gasteiger partial charge in [0.25, 0.3) is 0 Å². The predicted octanol–water partition coefficient (Wildman–Crippen LogP) is 3.45. The summed E-state index contributed by atoms with van der Waals surface area (Å²) in [6, 6.07) is 3.76. The maximum Gasteiger partial charge on any atom is 0.338 e. The van der Waals surface area contributed by atoms with Crippen LogP contribution >= 0.6 is 22.9 Å². The van der Waals surface area contributed by atoms with Crippen molar-refractivity contribution in [2.24, 2.45) is 10.9 Å². The number of benzene rings is 1. The number of nitrogens with one attached hydrogen (secondary N) is 2. The summed E-state index contributed by atoms with van der Waals surface area (Å²) in [6.45, 7) is 1.69. The van der Waals surface area contributed by atoms with Gasteiger partial charge in [-0.15, -0.1) is 11.3 Å². The van der Waals surface area contributed by atoms with E-state index in [0.717, 1.165) is 31.6 Å². The minimum absolute atomic E-state index is 0.0484. The van der Waals surface area contributed by atoms with Gasteiger partial charge in [0.2, 0.25) is 0 Å². The number of carbonyl (C=O) groups is 1. The molecule has 0 radical (unpaired) electrons. The summed E-state index contributed by atoms with van der Waals surface area (Å²) in [6.07, 6.45) is 3.41. The molecule has 0 saturated carbocycles. The van der Waals surface area contributed by atoms with Crippen LogP contribution in [-0.2, 0) is 9.53 Å². The Bertz CT molecular complexity index is 971. The van der Waals surface area contributed by atoms with Crippen LogP contribution in [0.4, 0.5) is 4.39 Å². The molecule has 0 amide bonds. The number of aliphatic imine (C=N–C) groups is 1. The first-order valence-electron chi connectivity index (χ1n) is 9.31. The first kappa shape index (κ1) is 20.0. The van der Waals surface area contributed by atoms with Crippen molar-refractivity contribution in [3.05, 3.63) is 62.5 Å². The Hall–Kier alpha value is -2.29. The van der Waals surface area contributed by atoms with Crippen LogP contribution in [0.2, 0.25) is 5.02 Å². The topological polar surface area (TPSA) is 75.6 Å². The van der Waals surface area contributed by atoms with E-state index in [1.807, 2.05) is 5.38 Å². The smallest absolute Gasteiger partial charge is 0.338 e. The van der Waals surface area contributed by atoms with Gasteiger partial charge in [-0.05, 0) is 32.0 Å². The number of amidine groups is 1. The summed E-state index contributed by atoms with van der Waals surface area (Å²) in [4.78, 5) is 21.9. The maximum absolute atomic E-state index is 14.2. The summed E-state index contributed by atoms with van der Waals surface area (Å²) < 4.78 is 19.3. The van der Waals surface area contributed by atoms with E-state index in [9.17, 15) is 9.18 Å². The quantitative estimate of drug-likeness (QED) is 0.721. The molecule has 2 aromatic rings. The number of methoxy groups -OCH3 is 1. The molecule has 1 aromatic heterocycles. The highest BCUT2D eigenvalue weighted by atomic mass is 35.5. The van der Waals surface area contributed by atoms with Crippen molar-refractivity contribution in [3.63, 3.8) is 0 Å². The number of aromatic nitrogens is 1. The molecule has 1 fully saturated rings. The Kier molecular flexibility index (Phi) is 5.94. The lowest BCUT2D eigenvalue weighted by atomic mass is 9.86. The van der Waals surface area contributed by atoms with Gasteiger partial charge in [0.05, 0.1) is 17.7 Å². The van der Waals surface area contributed by atoms with Crippen molar-refractivity contribution in [1.29, 1.82) is 0 Å². The van der Waals surface area contributed by atoms with Gasteiger partial charge in [-0.1, -0.05) is 23.7 Å². The molecule has 152 valence electrons. The number of esters is 1. The SMILES string of the molecule is COC(=O)C1=C(C2CCNCC2)NC(c2nccs2)=NC1c1cccc(F)c1Cl. The summed E-state index contributed by atoms with van der Waals surface area (Å²) in [5, 5.41) is 9.17. The minimum Gasteiger partial charge on any atom is -0.466 e. The lowest BCUT2D eigenvalue weighted by molar-refractivity contribution is -0.136. The maximum atomic E-state index is 14.2. The highest BCUT2D eigenvalue weighted by Crippen LogP contribution is 2.39. The van der Waals surface area contributed by atoms with Crippen LogP contribution in [-0.4, -0.2) is 37.0 Å². The molecular formula is C20H20ClFN4O2S. The third-order valence-corrected chi connectivity index (χ3v) is 6.32. The molecule has 0 bridgehead atoms. The molecule has 9 heteroatoms. The van der Waals surface area contributed by atoms with E-state index in [2.05, 4.69) is 15.6 Å². The van der Waals surface area contributed by atoms with Crippen molar-refractivity contribution in [2.75, 3.05) is 20.2 Å². The van der Waals surface area contributed by atoms with Gasteiger partial charge in [-0.2, -0.15) is 0 Å². The number of ether oxygens (including phenoxy) is 1. The number of allylic oxidation sites excluding steroid dienone is 1. The molecule has 2 N–H and O–H groups in total. The Balaban J connectivity index is 1.89. The number of piperidine rings is 1. The fourth-order valence-corrected chi connectivity index (χ4v) is 4.56. The predicted molar refractivity (Wildman–Crippen MR) is 111 cm³/mol. The van der Waals surface area contributed by atoms with Crippen molar-refractivity contribution < 1.29 is 13.9 Å². The van der Waals surface area contributed by atoms with E-state index < -0.39 is 17.8 Å². The number of thiazole rings is 1. The van der Waals surface area contributed by atoms with Crippen molar-refractivity contribution in [2.45, 2.75) is 18.9 Å². The Labute approximate surface area is 176 Å². The van der Waals surface area contributed by atoms with Crippen molar-refractivity contribution in [3.8, 4) is 0 Å². The molecule has 2 aliphatic heterocycles. The third-order valence-electron chi connectivity index (χ3n) is 5.14. The fraction of sp³-hybridized carbons (Fsp3) is 0.350. The number of carbonyl (C=O) groups excluding carboxylic acids is 1. The lowest BCUT2D eigenvalue weighted by Gasteiger charge is -2.33. The van der Waals surface area contributed by atoms with Crippen LogP contribution in [0.3, 0.4) is 0 Å². The van der Waals surface area contributed by atoms with Gasteiger partial charge in [-0.3, -0.25) is 4.99 Å². The summed E-state index contributed by atoms with van der Waals surface area (Å²) in [7, 11) is 1.33. The number of halogens is 2. The van der Waals surface area contributed by atoms with Crippen LogP contribution in [0.15, 0.2) is 46.0 Å². The molecule has 1 atom stereocenters. The summed E-state index contributed by atoms with van der Waals surface area (Å²) in [5.74, 6) is -0.392. The highest BCUT2D eigenvalue weighted by Gasteiger charge is 2.37. The number of hydrogen-bond acceptors (Lipinski definition) is 7. The highest BCUT2D eigenvalue weighted by molar-refractivity contribution is 7.11. The zero-order valence-electron chi connectivity index (χ0n) is 15.7. The number of rotatable bonds is 4. The van der Waals surface area contributed by atoms with Gasteiger partial charge in [-0.25, -0.2) is 14.2 Å². The Morgan fingerprint density at radius 3 is 2.83 bits per heavy atom. The minimum atomic E-state index is -0.782. The fourth-order valence-electron chi connectivity index (χ4n) is 3.74. The molecule has 3 heterocycles. The van der Waals surface area contributed by atoms with E-state index >= 15 is 0 Å². The van der Waals surface area contributed by atoms with E-state index in [4.69, 9.17) is 21.3 Å². The van der Waals surface area contributed by atoms with Crippen LogP contribution in [0.1, 0.15) is 29.5 Å². The van der Waals surface area contributed by atoms with Gasteiger partial charge in [0.15, 0.2) is 10.8 Å². The molecule has 4 rings (SSSR count). The molecule has 0 spiro atoms. The molecular weight excluding hydrogens is 415 g/mol. The summed E-state index contributed by atoms with van der Waals surface area (Å²) >= 11 is 7.72. The van der Waals surface area contributed by atoms with Gasteiger partial charge in [0, 0.05) is 28.8 Å². The number of hydrogen-bond donors (Lipinski definition) is 2. The Morgan fingerprint density at radius 1 is 1.34 bits per heavy atom. The van der Waals surface area contributed by atoms with Crippen LogP contribution < -0.4 is 10.6 Å². The van der Waals surface area contributed by atoms with Crippen molar-refractivity contribution in [1.82, 2.24) is 15.6 Å². The van der Waals surface area contributed by atoms with Crippen molar-refractivity contribution >= 4 is 34.7 Å². The van der Waals surface area contributed by atoms with Crippen LogP contribution in [0.5, 0.6) is 0 Å². The molecule has 0 aliphatic carbocycles. The largest absolute Gasteiger partial charge is 0.466 e. The second-order valence-electron chi connectivity index (χ2n) is 6.83. The molecule has 6 nitrogen and oxygen atoms in total. The van der Waals surface area contributed by atoms with E-state index in [0.29, 0.717) is 22.0 Å². The third kappa shape index (κ3) is 3.92. The molecule has 1 unspecified atom stereocenters. The molecule has 29 heavy (non-hydrogen) atoms. The molecule has 2 aliphatic rings. The standard InChI is InChI=1S/C20H20ClFN4O2S/c1-28-20(27)14-16(11-5-7-23-8-6-11)25-18(19-24-9-10-29-19)26-17(14)12-3-2-4-13(22)15(12)21/h2-4,9-11,17,23H,5-8H2,1H3,(H,25,26). The first-order chi connectivity index (χ1) is 14.1. The summed E-state index contributed by atoms with van der Waals surface area (Å²) in [5.41, 5.74) is 1.55. The average molecular weight is 435 g/mol. The monoisotopic (exact) mass is 434 g/mol. The number of nitrogens with zero attached hydrogens (tertiary/aromatic N) is 2. The van der Waals surface area contributed by atoms with Crippen LogP contribution in [0, 0.1) is 11.7 Å². The zero-order valence-corrected chi connectivity index (χ0v) is 17.3. The zero-order chi connectivity index (χ0) is 20.4. The van der Waals surface area contributed by atoms with Gasteiger partial charge < -0.3 is 15.4 Å². The molecule has 1 saturated heterocycles. The van der Waals surface area contributed by atoms with Gasteiger partial charge >= 0.3 is 5.97 Å². The second kappa shape index (κ2) is 8.61. The van der Waals surface area contributed by atoms with Crippen LogP contribution in [0.25, 0.3) is 0 Å². The van der Waals surface area contributed by atoms with Gasteiger partial charge in [0.1, 0.15) is 11.9 Å². The average Bonchev–Trinajstić information content (AvgIpc) is 3.30. The normalized spacial score (nSPS) is 20.2. The lowest BCUT2D eigenvalue weighted by Crippen LogP contribution is -2.40. The first-order valence-corrected chi connectivity index (χ1v) is 10.6. The molecule has 1 aromatic carbocycles. The van der Waals surface area contributed by atoms with E-state index in [-0.39, 0.29) is 10.9 Å². The van der Waals surface area contributed by atoms with E-state index in [1.165, 1.54) is 24.5 Å². The second-order valence-corrected chi connectivity index (χ2v) is 8.10. The Morgan fingerprint density at radius 2 is 2.14 bits per heavy atom.